The Hall–Kier alpha value is -3.44. The van der Waals surface area contributed by atoms with Gasteiger partial charge >= 0.3 is 16.4 Å². The molecule has 0 atom stereocenters. The lowest BCUT2D eigenvalue weighted by molar-refractivity contribution is -0.700. The van der Waals surface area contributed by atoms with Crippen LogP contribution < -0.4 is 21.1 Å². The number of hydrogen-bond donors (Lipinski definition) is 2. The Labute approximate surface area is 200 Å². The van der Waals surface area contributed by atoms with Crippen molar-refractivity contribution in [1.29, 1.82) is 0 Å². The fraction of sp³-hybridized carbons (Fsp3) is 0.182. The van der Waals surface area contributed by atoms with Crippen LogP contribution in [0, 0.1) is 11.6 Å². The summed E-state index contributed by atoms with van der Waals surface area (Å²) in [7, 11) is 2.92. The molecule has 12 heteroatoms. The predicted molar refractivity (Wildman–Crippen MR) is 125 cm³/mol. The highest BCUT2D eigenvalue weighted by Gasteiger charge is 2.27. The molecule has 4 rings (SSSR count). The number of aryl methyl sites for hydroxylation is 1. The third-order valence-electron chi connectivity index (χ3n) is 5.18. The Morgan fingerprint density at radius 2 is 1.82 bits per heavy atom. The number of carbonyl (C=O) groups excluding carboxylic acids is 1. The van der Waals surface area contributed by atoms with Gasteiger partial charge in [-0.05, 0) is 41.6 Å². The number of benzene rings is 2. The summed E-state index contributed by atoms with van der Waals surface area (Å²) in [5.74, 6) is -2.31. The molecular weight excluding hydrogens is 488 g/mol. The maximum atomic E-state index is 13.9. The van der Waals surface area contributed by atoms with Crippen molar-refractivity contribution >= 4 is 46.1 Å². The number of nitrogens with zero attached hydrogens (tertiary/aromatic N) is 3. The zero-order valence-corrected chi connectivity index (χ0v) is 19.6. The van der Waals surface area contributed by atoms with Gasteiger partial charge in [0.1, 0.15) is 18.2 Å². The second-order valence-corrected chi connectivity index (χ2v) is 8.91. The number of halogens is 3. The quantitative estimate of drug-likeness (QED) is 0.310. The number of aromatic nitrogens is 4. The van der Waals surface area contributed by atoms with Gasteiger partial charge in [-0.2, -0.15) is 0 Å². The summed E-state index contributed by atoms with van der Waals surface area (Å²) in [6.45, 7) is 0.265. The number of H-pyrrole nitrogens is 1. The van der Waals surface area contributed by atoms with E-state index in [1.807, 2.05) is 0 Å². The first kappa shape index (κ1) is 23.7. The molecule has 0 unspecified atom stereocenters. The van der Waals surface area contributed by atoms with E-state index in [0.717, 1.165) is 34.0 Å². The average molecular weight is 507 g/mol. The molecule has 0 aliphatic heterocycles. The van der Waals surface area contributed by atoms with Crippen LogP contribution in [0.2, 0.25) is 5.02 Å². The maximum Gasteiger partial charge on any atom is 0.333 e. The molecule has 2 N–H and O–H groups in total. The molecule has 0 saturated carbocycles. The molecule has 0 radical (unpaired) electrons. The van der Waals surface area contributed by atoms with Crippen molar-refractivity contribution in [2.75, 3.05) is 11.1 Å². The standard InChI is InChI=1S/C22H18ClF2N5O3S/c1-28-19-18(20(32)29(2)22(28)33)30(10-12-3-5-13(23)6-4-12)21(27-19)34-11-17(31)26-16-8-7-14(24)9-15(16)25/h3-9H,10-11H2,1-2H3,(H,26,31)/p+1. The lowest BCUT2D eigenvalue weighted by Crippen LogP contribution is -2.44. The van der Waals surface area contributed by atoms with Crippen LogP contribution in [-0.4, -0.2) is 25.8 Å². The van der Waals surface area contributed by atoms with Crippen molar-refractivity contribution < 1.29 is 18.1 Å². The molecule has 2 aromatic heterocycles. The maximum absolute atomic E-state index is 13.9. The first-order valence-corrected chi connectivity index (χ1v) is 11.4. The third-order valence-corrected chi connectivity index (χ3v) is 6.43. The molecular formula is C22H19ClF2N5O3S+. The van der Waals surface area contributed by atoms with Gasteiger partial charge < -0.3 is 5.32 Å². The minimum absolute atomic E-state index is 0.140. The number of fused-ring (bicyclic) bond motifs is 1. The monoisotopic (exact) mass is 506 g/mol. The van der Waals surface area contributed by atoms with Crippen LogP contribution in [0.25, 0.3) is 11.2 Å². The van der Waals surface area contributed by atoms with E-state index in [9.17, 15) is 23.2 Å². The summed E-state index contributed by atoms with van der Waals surface area (Å²) in [4.78, 5) is 40.8. The molecule has 0 aliphatic carbocycles. The SMILES string of the molecule is Cn1c(=O)c2c([nH]c(SCC(=O)Nc3ccc(F)cc3F)[n+]2Cc2ccc(Cl)cc2)n(C)c1=O. The number of thioether (sulfide) groups is 1. The van der Waals surface area contributed by atoms with Gasteiger partial charge in [0.25, 0.3) is 11.2 Å². The van der Waals surface area contributed by atoms with Crippen molar-refractivity contribution in [1.82, 2.24) is 14.1 Å². The fourth-order valence-corrected chi connectivity index (χ4v) is 4.38. The topological polar surface area (TPSA) is 92.8 Å². The van der Waals surface area contributed by atoms with Crippen LogP contribution in [0.3, 0.4) is 0 Å². The molecule has 1 amide bonds. The molecule has 8 nitrogen and oxygen atoms in total. The predicted octanol–water partition coefficient (Wildman–Crippen LogP) is 2.56. The number of aromatic amines is 1. The number of nitrogens with one attached hydrogen (secondary N) is 2. The normalized spacial score (nSPS) is 11.2. The second kappa shape index (κ2) is 9.43. The van der Waals surface area contributed by atoms with Crippen molar-refractivity contribution in [2.24, 2.45) is 14.1 Å². The Kier molecular flexibility index (Phi) is 6.58. The van der Waals surface area contributed by atoms with Gasteiger partial charge in [0.2, 0.25) is 5.91 Å². The average Bonchev–Trinajstić information content (AvgIpc) is 3.16. The lowest BCUT2D eigenvalue weighted by atomic mass is 10.2. The minimum Gasteiger partial charge on any atom is -0.323 e. The minimum atomic E-state index is -0.889. The molecule has 34 heavy (non-hydrogen) atoms. The van der Waals surface area contributed by atoms with E-state index < -0.39 is 28.8 Å². The molecule has 0 aliphatic rings. The first-order valence-electron chi connectivity index (χ1n) is 9.99. The van der Waals surface area contributed by atoms with E-state index in [0.29, 0.717) is 21.9 Å². The highest BCUT2D eigenvalue weighted by molar-refractivity contribution is 7.99. The highest BCUT2D eigenvalue weighted by Crippen LogP contribution is 2.19. The van der Waals surface area contributed by atoms with Crippen molar-refractivity contribution in [3.63, 3.8) is 0 Å². The van der Waals surface area contributed by atoms with Gasteiger partial charge in [-0.15, -0.1) is 0 Å². The summed E-state index contributed by atoms with van der Waals surface area (Å²) in [5, 5.41) is 3.40. The van der Waals surface area contributed by atoms with E-state index in [2.05, 4.69) is 10.3 Å². The molecule has 2 aromatic carbocycles. The summed E-state index contributed by atoms with van der Waals surface area (Å²) in [6, 6.07) is 9.90. The zero-order chi connectivity index (χ0) is 24.6. The molecule has 0 saturated heterocycles. The van der Waals surface area contributed by atoms with Crippen molar-refractivity contribution in [3.05, 3.63) is 85.5 Å². The largest absolute Gasteiger partial charge is 0.333 e. The number of carbonyl (C=O) groups is 1. The summed E-state index contributed by atoms with van der Waals surface area (Å²) in [6.07, 6.45) is 0. The van der Waals surface area contributed by atoms with Crippen LogP contribution in [0.1, 0.15) is 5.56 Å². The van der Waals surface area contributed by atoms with E-state index in [4.69, 9.17) is 11.6 Å². The Morgan fingerprint density at radius 3 is 2.50 bits per heavy atom. The van der Waals surface area contributed by atoms with Gasteiger partial charge in [0.05, 0.1) is 11.4 Å². The lowest BCUT2D eigenvalue weighted by Gasteiger charge is -2.06. The highest BCUT2D eigenvalue weighted by atomic mass is 35.5. The molecule has 2 heterocycles. The summed E-state index contributed by atoms with van der Waals surface area (Å²) >= 11 is 7.04. The van der Waals surface area contributed by atoms with Gasteiger partial charge in [-0.1, -0.05) is 23.7 Å². The number of rotatable bonds is 6. The third kappa shape index (κ3) is 4.62. The van der Waals surface area contributed by atoms with Gasteiger partial charge in [0, 0.05) is 25.2 Å². The summed E-state index contributed by atoms with van der Waals surface area (Å²) in [5.41, 5.74) is 0.257. The van der Waals surface area contributed by atoms with E-state index in [1.54, 1.807) is 28.8 Å². The Morgan fingerprint density at radius 1 is 1.12 bits per heavy atom. The molecule has 0 fully saturated rings. The molecule has 0 bridgehead atoms. The van der Waals surface area contributed by atoms with Crippen LogP contribution in [-0.2, 0) is 25.4 Å². The van der Waals surface area contributed by atoms with E-state index in [-0.39, 0.29) is 23.5 Å². The Balaban J connectivity index is 1.69. The summed E-state index contributed by atoms with van der Waals surface area (Å²) < 4.78 is 31.0. The molecule has 4 aromatic rings. The Bertz CT molecular complexity index is 1530. The number of amides is 1. The van der Waals surface area contributed by atoms with Gasteiger partial charge in [0.15, 0.2) is 0 Å². The van der Waals surface area contributed by atoms with Crippen LogP contribution >= 0.6 is 23.4 Å². The van der Waals surface area contributed by atoms with E-state index >= 15 is 0 Å². The number of imidazole rings is 1. The molecule has 0 spiro atoms. The van der Waals surface area contributed by atoms with Gasteiger partial charge in [-0.3, -0.25) is 18.7 Å². The van der Waals surface area contributed by atoms with Crippen LogP contribution in [0.5, 0.6) is 0 Å². The second-order valence-electron chi connectivity index (χ2n) is 7.51. The van der Waals surface area contributed by atoms with Crippen molar-refractivity contribution in [2.45, 2.75) is 11.7 Å². The fourth-order valence-electron chi connectivity index (χ4n) is 3.43. The first-order chi connectivity index (χ1) is 16.2. The van der Waals surface area contributed by atoms with Crippen molar-refractivity contribution in [3.8, 4) is 0 Å². The number of anilines is 1. The molecule has 176 valence electrons. The van der Waals surface area contributed by atoms with Crippen LogP contribution in [0.15, 0.2) is 57.2 Å². The van der Waals surface area contributed by atoms with Crippen LogP contribution in [0.4, 0.5) is 14.5 Å². The zero-order valence-electron chi connectivity index (χ0n) is 18.1. The van der Waals surface area contributed by atoms with Gasteiger partial charge in [-0.25, -0.2) is 23.1 Å². The van der Waals surface area contributed by atoms with E-state index in [1.165, 1.54) is 18.7 Å². The smallest absolute Gasteiger partial charge is 0.323 e. The number of hydrogen-bond acceptors (Lipinski definition) is 4.